The number of furan rings is 1. The second-order valence-electron chi connectivity index (χ2n) is 19.5. The molecule has 0 spiro atoms. The van der Waals surface area contributed by atoms with Gasteiger partial charge in [0.25, 0.3) is 0 Å². The zero-order valence-electron chi connectivity index (χ0n) is 41.1. The van der Waals surface area contributed by atoms with Crippen LogP contribution in [0.15, 0.2) is 302 Å². The van der Waals surface area contributed by atoms with Gasteiger partial charge in [-0.05, 0) is 138 Å². The molecule has 1 aliphatic carbocycles. The normalized spacial score (nSPS) is 12.4. The number of benzene rings is 12. The fourth-order valence-corrected chi connectivity index (χ4v) is 12.0. The third kappa shape index (κ3) is 7.41. The third-order valence-electron chi connectivity index (χ3n) is 15.4. The van der Waals surface area contributed by atoms with Crippen LogP contribution in [-0.4, -0.2) is 0 Å². The fraction of sp³-hybridized carbons (Fsp3) is 0.0137. The summed E-state index contributed by atoms with van der Waals surface area (Å²) in [4.78, 5) is 2.43. The predicted molar refractivity (Wildman–Crippen MR) is 313 cm³/mol. The molecule has 0 saturated heterocycles. The van der Waals surface area contributed by atoms with Crippen LogP contribution >= 0.6 is 0 Å². The summed E-state index contributed by atoms with van der Waals surface area (Å²) in [6, 6.07) is 108. The Hall–Kier alpha value is -9.76. The van der Waals surface area contributed by atoms with E-state index in [4.69, 9.17) is 4.42 Å². The maximum absolute atomic E-state index is 6.35. The Labute approximate surface area is 437 Å². The van der Waals surface area contributed by atoms with Gasteiger partial charge in [-0.2, -0.15) is 0 Å². The minimum Gasteiger partial charge on any atom is -0.456 e. The van der Waals surface area contributed by atoms with Crippen molar-refractivity contribution in [3.8, 4) is 66.8 Å². The first-order valence-corrected chi connectivity index (χ1v) is 25.8. The molecule has 0 fully saturated rings. The first kappa shape index (κ1) is 44.0. The Morgan fingerprint density at radius 3 is 1.41 bits per heavy atom. The molecule has 2 nitrogen and oxygen atoms in total. The highest BCUT2D eigenvalue weighted by Crippen LogP contribution is 2.59. The maximum Gasteiger partial charge on any atom is 0.136 e. The zero-order chi connectivity index (χ0) is 49.7. The van der Waals surface area contributed by atoms with Crippen molar-refractivity contribution in [3.63, 3.8) is 0 Å². The summed E-state index contributed by atoms with van der Waals surface area (Å²) in [5, 5.41) is 2.26. The van der Waals surface area contributed by atoms with E-state index in [9.17, 15) is 0 Å². The topological polar surface area (TPSA) is 16.4 Å². The van der Waals surface area contributed by atoms with Crippen LogP contribution in [0, 0.1) is 0 Å². The summed E-state index contributed by atoms with van der Waals surface area (Å²) in [6.07, 6.45) is 0. The molecule has 0 saturated carbocycles. The van der Waals surface area contributed by atoms with Crippen molar-refractivity contribution in [1.29, 1.82) is 0 Å². The fourth-order valence-electron chi connectivity index (χ4n) is 12.0. The average molecular weight is 956 g/mol. The summed E-state index contributed by atoms with van der Waals surface area (Å²) in [7, 11) is 0. The van der Waals surface area contributed by atoms with Crippen LogP contribution in [0.25, 0.3) is 88.7 Å². The van der Waals surface area contributed by atoms with Gasteiger partial charge in [-0.15, -0.1) is 0 Å². The second-order valence-corrected chi connectivity index (χ2v) is 19.5. The van der Waals surface area contributed by atoms with Crippen molar-refractivity contribution in [2.24, 2.45) is 0 Å². The molecule has 1 heterocycles. The number of para-hydroxylation sites is 2. The second kappa shape index (κ2) is 18.4. The lowest BCUT2D eigenvalue weighted by atomic mass is 9.67. The molecule has 352 valence electrons. The smallest absolute Gasteiger partial charge is 0.136 e. The molecule has 14 rings (SSSR count). The van der Waals surface area contributed by atoms with Gasteiger partial charge in [-0.1, -0.05) is 243 Å². The highest BCUT2D eigenvalue weighted by atomic mass is 16.3. The van der Waals surface area contributed by atoms with Crippen molar-refractivity contribution < 1.29 is 4.42 Å². The molecule has 0 bridgehead atoms. The van der Waals surface area contributed by atoms with E-state index in [2.05, 4.69) is 290 Å². The van der Waals surface area contributed by atoms with E-state index in [0.717, 1.165) is 66.8 Å². The molecule has 75 heavy (non-hydrogen) atoms. The monoisotopic (exact) mass is 955 g/mol. The largest absolute Gasteiger partial charge is 0.456 e. The molecule has 2 heteroatoms. The SMILES string of the molecule is c1ccc(-c2ccc(-c3ccc(N(c4ccc(-c5ccc6c(c5)oc5ccccc56)cc4)c4ccccc4-c4cccc5c4-c4ccccc4C5(c4ccccc4)c4ccccc4)cc3)cc2-c2ccccc2)cc1. The van der Waals surface area contributed by atoms with Gasteiger partial charge in [0.05, 0.1) is 11.1 Å². The summed E-state index contributed by atoms with van der Waals surface area (Å²) < 4.78 is 6.35. The molecule has 0 unspecified atom stereocenters. The highest BCUT2D eigenvalue weighted by Gasteiger charge is 2.47. The van der Waals surface area contributed by atoms with Crippen molar-refractivity contribution in [3.05, 3.63) is 320 Å². The van der Waals surface area contributed by atoms with Gasteiger partial charge < -0.3 is 9.32 Å². The molecule has 0 amide bonds. The minimum atomic E-state index is -0.518. The number of fused-ring (bicyclic) bond motifs is 6. The summed E-state index contributed by atoms with van der Waals surface area (Å²) in [5.74, 6) is 0. The maximum atomic E-state index is 6.35. The molecule has 0 N–H and O–H groups in total. The molecule has 13 aromatic rings. The predicted octanol–water partition coefficient (Wildman–Crippen LogP) is 19.8. The standard InChI is InChI=1S/C73H49NO/c1-5-20-52(21-6-1)60-46-40-54(48-66(60)53-22-7-2-8-23-53)50-36-42-58(43-37-50)74(59-44-38-51(39-45-59)55-41-47-63-62-29-15-18-35-70(62)75-71(63)49-55)69-34-17-14-28-61(69)64-31-19-33-68-72(64)65-30-13-16-32-67(65)73(68,56-24-9-3-10-25-56)57-26-11-4-12-27-57/h1-49H. The lowest BCUT2D eigenvalue weighted by Crippen LogP contribution is -2.28. The van der Waals surface area contributed by atoms with Gasteiger partial charge in [-0.3, -0.25) is 0 Å². The van der Waals surface area contributed by atoms with Crippen LogP contribution in [0.4, 0.5) is 17.1 Å². The molecular formula is C73H49NO. The van der Waals surface area contributed by atoms with Crippen LogP contribution < -0.4 is 4.90 Å². The summed E-state index contributed by atoms with van der Waals surface area (Å²) in [5.41, 5.74) is 23.7. The van der Waals surface area contributed by atoms with Gasteiger partial charge in [-0.25, -0.2) is 0 Å². The number of hydrogen-bond donors (Lipinski definition) is 0. The number of nitrogens with zero attached hydrogens (tertiary/aromatic N) is 1. The summed E-state index contributed by atoms with van der Waals surface area (Å²) in [6.45, 7) is 0. The van der Waals surface area contributed by atoms with Gasteiger partial charge in [0.15, 0.2) is 0 Å². The summed E-state index contributed by atoms with van der Waals surface area (Å²) >= 11 is 0. The zero-order valence-corrected chi connectivity index (χ0v) is 41.1. The lowest BCUT2D eigenvalue weighted by Gasteiger charge is -2.34. The first-order chi connectivity index (χ1) is 37.2. The van der Waals surface area contributed by atoms with E-state index in [-0.39, 0.29) is 0 Å². The van der Waals surface area contributed by atoms with Crippen LogP contribution in [0.5, 0.6) is 0 Å². The number of hydrogen-bond acceptors (Lipinski definition) is 2. The molecular weight excluding hydrogens is 907 g/mol. The molecule has 1 aliphatic rings. The Morgan fingerprint density at radius 1 is 0.267 bits per heavy atom. The van der Waals surface area contributed by atoms with Gasteiger partial charge in [0.1, 0.15) is 11.2 Å². The Balaban J connectivity index is 0.929. The molecule has 0 atom stereocenters. The lowest BCUT2D eigenvalue weighted by molar-refractivity contribution is 0.669. The molecule has 1 aromatic heterocycles. The van der Waals surface area contributed by atoms with Crippen molar-refractivity contribution in [2.45, 2.75) is 5.41 Å². The van der Waals surface area contributed by atoms with Gasteiger partial charge >= 0.3 is 0 Å². The average Bonchev–Trinajstić information content (AvgIpc) is 4.05. The minimum absolute atomic E-state index is 0.518. The van der Waals surface area contributed by atoms with Crippen molar-refractivity contribution >= 4 is 39.0 Å². The number of anilines is 3. The van der Waals surface area contributed by atoms with E-state index in [0.29, 0.717) is 0 Å². The van der Waals surface area contributed by atoms with Crippen molar-refractivity contribution in [1.82, 2.24) is 0 Å². The van der Waals surface area contributed by atoms with Crippen LogP contribution in [0.2, 0.25) is 0 Å². The highest BCUT2D eigenvalue weighted by molar-refractivity contribution is 6.06. The molecule has 12 aromatic carbocycles. The van der Waals surface area contributed by atoms with Crippen molar-refractivity contribution in [2.75, 3.05) is 4.90 Å². The quantitative estimate of drug-likeness (QED) is 0.136. The Kier molecular flexibility index (Phi) is 10.8. The third-order valence-corrected chi connectivity index (χ3v) is 15.4. The number of rotatable bonds is 10. The van der Waals surface area contributed by atoms with Gasteiger partial charge in [0.2, 0.25) is 0 Å². The Morgan fingerprint density at radius 2 is 0.747 bits per heavy atom. The van der Waals surface area contributed by atoms with E-state index in [1.165, 1.54) is 61.2 Å². The van der Waals surface area contributed by atoms with Gasteiger partial charge in [0, 0.05) is 27.7 Å². The van der Waals surface area contributed by atoms with E-state index >= 15 is 0 Å². The van der Waals surface area contributed by atoms with Crippen LogP contribution in [-0.2, 0) is 5.41 Å². The first-order valence-electron chi connectivity index (χ1n) is 25.8. The van der Waals surface area contributed by atoms with Crippen LogP contribution in [0.1, 0.15) is 22.3 Å². The molecule has 0 radical (unpaired) electrons. The van der Waals surface area contributed by atoms with Crippen LogP contribution in [0.3, 0.4) is 0 Å². The van der Waals surface area contributed by atoms with E-state index in [1.807, 2.05) is 12.1 Å². The van der Waals surface area contributed by atoms with E-state index in [1.54, 1.807) is 0 Å². The Bertz CT molecular complexity index is 4160. The van der Waals surface area contributed by atoms with E-state index < -0.39 is 5.41 Å². The molecule has 0 aliphatic heterocycles.